The first-order valence-corrected chi connectivity index (χ1v) is 10.8. The fourth-order valence-corrected chi connectivity index (χ4v) is 5.27. The molecule has 1 aromatic carbocycles. The zero-order chi connectivity index (χ0) is 20.1. The minimum Gasteiger partial charge on any atom is -0.480 e. The molecule has 1 aliphatic carbocycles. The van der Waals surface area contributed by atoms with E-state index < -0.39 is 5.97 Å². The molecule has 5 heteroatoms. The van der Waals surface area contributed by atoms with Crippen molar-refractivity contribution >= 4 is 11.9 Å². The molecule has 1 aliphatic heterocycles. The van der Waals surface area contributed by atoms with Gasteiger partial charge in [-0.3, -0.25) is 14.5 Å². The molecule has 0 radical (unpaired) electrons. The number of carboxylic acids is 1. The quantitative estimate of drug-likeness (QED) is 0.812. The summed E-state index contributed by atoms with van der Waals surface area (Å²) in [5, 5.41) is 9.14. The number of amides is 1. The lowest BCUT2D eigenvalue weighted by Gasteiger charge is -2.44. The van der Waals surface area contributed by atoms with Crippen LogP contribution in [0.2, 0.25) is 0 Å². The number of carboxylic acid groups (broad SMARTS) is 1. The van der Waals surface area contributed by atoms with E-state index in [9.17, 15) is 9.59 Å². The number of hydrogen-bond donors (Lipinski definition) is 1. The van der Waals surface area contributed by atoms with Gasteiger partial charge in [-0.2, -0.15) is 0 Å². The molecule has 1 saturated heterocycles. The molecule has 1 heterocycles. The van der Waals surface area contributed by atoms with Crippen molar-refractivity contribution in [2.24, 2.45) is 0 Å². The van der Waals surface area contributed by atoms with Gasteiger partial charge in [0.1, 0.15) is 0 Å². The number of likely N-dealkylation sites (N-methyl/N-ethyl adjacent to an activating group) is 1. The minimum absolute atomic E-state index is 0.0856. The lowest BCUT2D eigenvalue weighted by atomic mass is 9.67. The molecule has 154 valence electrons. The summed E-state index contributed by atoms with van der Waals surface area (Å²) in [6.07, 6.45) is 7.03. The van der Waals surface area contributed by atoms with Crippen molar-refractivity contribution in [2.75, 3.05) is 26.2 Å². The molecule has 2 fully saturated rings. The minimum atomic E-state index is -0.777. The molecule has 1 aromatic rings. The maximum Gasteiger partial charge on any atom is 0.317 e. The van der Waals surface area contributed by atoms with Crippen LogP contribution in [-0.4, -0.2) is 59.0 Å². The van der Waals surface area contributed by atoms with Crippen molar-refractivity contribution in [1.82, 2.24) is 9.80 Å². The monoisotopic (exact) mass is 386 g/mol. The van der Waals surface area contributed by atoms with E-state index in [4.69, 9.17) is 5.11 Å². The summed E-state index contributed by atoms with van der Waals surface area (Å²) in [5.41, 5.74) is 2.05. The molecule has 5 nitrogen and oxygen atoms in total. The normalized spacial score (nSPS) is 20.3. The van der Waals surface area contributed by atoms with Crippen LogP contribution in [0, 0.1) is 6.92 Å². The van der Waals surface area contributed by atoms with Crippen LogP contribution < -0.4 is 0 Å². The third-order valence-electron chi connectivity index (χ3n) is 6.79. The number of piperidine rings is 1. The van der Waals surface area contributed by atoms with Crippen molar-refractivity contribution in [2.45, 2.75) is 70.3 Å². The first-order chi connectivity index (χ1) is 13.5. The molecular weight excluding hydrogens is 352 g/mol. The van der Waals surface area contributed by atoms with Crippen LogP contribution in [0.1, 0.15) is 63.0 Å². The predicted molar refractivity (Wildman–Crippen MR) is 110 cm³/mol. The van der Waals surface area contributed by atoms with E-state index in [0.717, 1.165) is 58.2 Å². The summed E-state index contributed by atoms with van der Waals surface area (Å²) in [7, 11) is 0. The van der Waals surface area contributed by atoms with Gasteiger partial charge in [0.2, 0.25) is 5.91 Å². The van der Waals surface area contributed by atoms with E-state index in [0.29, 0.717) is 5.91 Å². The van der Waals surface area contributed by atoms with Crippen molar-refractivity contribution in [3.63, 3.8) is 0 Å². The van der Waals surface area contributed by atoms with Crippen LogP contribution in [0.5, 0.6) is 0 Å². The molecule has 0 atom stereocenters. The second-order valence-corrected chi connectivity index (χ2v) is 8.44. The average molecular weight is 387 g/mol. The molecule has 0 bridgehead atoms. The highest BCUT2D eigenvalue weighted by Crippen LogP contribution is 2.42. The number of benzene rings is 1. The molecule has 1 amide bonds. The Hall–Kier alpha value is -1.88. The molecular formula is C23H34N2O3. The highest BCUT2D eigenvalue weighted by Gasteiger charge is 2.45. The standard InChI is InChI=1S/C23H34N2O3/c1-3-24(17-21(26)27)19-11-15-25(16-12-19)22(28)23(13-7-4-8-14-23)20-10-6-5-9-18(20)2/h5-6,9-10,19H,3-4,7-8,11-17H2,1-2H3,(H,26,27). The number of likely N-dealkylation sites (tertiary alicyclic amines) is 1. The molecule has 1 saturated carbocycles. The van der Waals surface area contributed by atoms with Gasteiger partial charge in [-0.15, -0.1) is 0 Å². The van der Waals surface area contributed by atoms with Crippen LogP contribution in [0.15, 0.2) is 24.3 Å². The fraction of sp³-hybridized carbons (Fsp3) is 0.652. The summed E-state index contributed by atoms with van der Waals surface area (Å²) in [4.78, 5) is 29.0. The van der Waals surface area contributed by atoms with E-state index >= 15 is 0 Å². The Kier molecular flexibility index (Phi) is 6.76. The second kappa shape index (κ2) is 9.08. The summed E-state index contributed by atoms with van der Waals surface area (Å²) < 4.78 is 0. The zero-order valence-corrected chi connectivity index (χ0v) is 17.3. The van der Waals surface area contributed by atoms with E-state index in [-0.39, 0.29) is 18.0 Å². The van der Waals surface area contributed by atoms with Gasteiger partial charge in [-0.05, 0) is 50.3 Å². The van der Waals surface area contributed by atoms with Crippen molar-refractivity contribution in [1.29, 1.82) is 0 Å². The molecule has 0 unspecified atom stereocenters. The SMILES string of the molecule is CCN(CC(=O)O)C1CCN(C(=O)C2(c3ccccc3C)CCCCC2)CC1. The van der Waals surface area contributed by atoms with E-state index in [1.54, 1.807) is 0 Å². The van der Waals surface area contributed by atoms with Crippen molar-refractivity contribution < 1.29 is 14.7 Å². The molecule has 1 N–H and O–H groups in total. The van der Waals surface area contributed by atoms with Gasteiger partial charge in [-0.1, -0.05) is 50.5 Å². The summed E-state index contributed by atoms with van der Waals surface area (Å²) in [6, 6.07) is 8.63. The van der Waals surface area contributed by atoms with Gasteiger partial charge in [0.15, 0.2) is 0 Å². The molecule has 0 aromatic heterocycles. The number of carbonyl (C=O) groups excluding carboxylic acids is 1. The predicted octanol–water partition coefficient (Wildman–Crippen LogP) is 3.59. The first kappa shape index (κ1) is 20.8. The second-order valence-electron chi connectivity index (χ2n) is 8.44. The number of hydrogen-bond acceptors (Lipinski definition) is 3. The van der Waals surface area contributed by atoms with Gasteiger partial charge >= 0.3 is 5.97 Å². The van der Waals surface area contributed by atoms with Crippen LogP contribution in [0.4, 0.5) is 0 Å². The Balaban J connectivity index is 1.75. The van der Waals surface area contributed by atoms with Gasteiger partial charge < -0.3 is 10.0 Å². The smallest absolute Gasteiger partial charge is 0.317 e. The highest BCUT2D eigenvalue weighted by atomic mass is 16.4. The third-order valence-corrected chi connectivity index (χ3v) is 6.79. The molecule has 2 aliphatic rings. The largest absolute Gasteiger partial charge is 0.480 e. The van der Waals surface area contributed by atoms with Crippen molar-refractivity contribution in [3.8, 4) is 0 Å². The summed E-state index contributed by atoms with van der Waals surface area (Å²) in [6.45, 7) is 6.41. The Morgan fingerprint density at radius 1 is 1.14 bits per heavy atom. The van der Waals surface area contributed by atoms with Gasteiger partial charge in [0.25, 0.3) is 0 Å². The van der Waals surface area contributed by atoms with Crippen LogP contribution >= 0.6 is 0 Å². The zero-order valence-electron chi connectivity index (χ0n) is 17.3. The highest BCUT2D eigenvalue weighted by molar-refractivity contribution is 5.89. The van der Waals surface area contributed by atoms with Crippen LogP contribution in [0.25, 0.3) is 0 Å². The van der Waals surface area contributed by atoms with Gasteiger partial charge in [-0.25, -0.2) is 0 Å². The molecule has 0 spiro atoms. The average Bonchev–Trinajstić information content (AvgIpc) is 2.72. The van der Waals surface area contributed by atoms with E-state index in [1.165, 1.54) is 17.5 Å². The maximum absolute atomic E-state index is 13.8. The number of aliphatic carboxylic acids is 1. The topological polar surface area (TPSA) is 60.9 Å². The maximum atomic E-state index is 13.8. The van der Waals surface area contributed by atoms with Crippen LogP contribution in [-0.2, 0) is 15.0 Å². The lowest BCUT2D eigenvalue weighted by Crippen LogP contribution is -2.53. The van der Waals surface area contributed by atoms with Crippen molar-refractivity contribution in [3.05, 3.63) is 35.4 Å². The fourth-order valence-electron chi connectivity index (χ4n) is 5.27. The Labute approximate surface area is 168 Å². The summed E-state index contributed by atoms with van der Waals surface area (Å²) in [5.74, 6) is -0.484. The van der Waals surface area contributed by atoms with Gasteiger partial charge in [0, 0.05) is 19.1 Å². The third kappa shape index (κ3) is 4.24. The summed E-state index contributed by atoms with van der Waals surface area (Å²) >= 11 is 0. The van der Waals surface area contributed by atoms with Gasteiger partial charge in [0.05, 0.1) is 12.0 Å². The Morgan fingerprint density at radius 2 is 1.79 bits per heavy atom. The number of aryl methyl sites for hydroxylation is 1. The first-order valence-electron chi connectivity index (χ1n) is 10.8. The molecule has 28 heavy (non-hydrogen) atoms. The van der Waals surface area contributed by atoms with E-state index in [1.807, 2.05) is 17.9 Å². The number of rotatable bonds is 6. The van der Waals surface area contributed by atoms with E-state index in [2.05, 4.69) is 30.0 Å². The lowest BCUT2D eigenvalue weighted by molar-refractivity contribution is -0.143. The van der Waals surface area contributed by atoms with Crippen LogP contribution in [0.3, 0.4) is 0 Å². The number of nitrogens with zero attached hydrogens (tertiary/aromatic N) is 2. The molecule has 3 rings (SSSR count). The Bertz CT molecular complexity index is 689. The Morgan fingerprint density at radius 3 is 2.36 bits per heavy atom. The number of carbonyl (C=O) groups is 2.